The van der Waals surface area contributed by atoms with Crippen LogP contribution in [-0.4, -0.2) is 31.4 Å². The fourth-order valence-corrected chi connectivity index (χ4v) is 1.96. The van der Waals surface area contributed by atoms with E-state index in [1.165, 1.54) is 0 Å². The van der Waals surface area contributed by atoms with Crippen LogP contribution in [0.15, 0.2) is 18.2 Å². The van der Waals surface area contributed by atoms with Crippen molar-refractivity contribution in [3.8, 4) is 11.5 Å². The Balaban J connectivity index is 2.98. The number of benzene rings is 1. The van der Waals surface area contributed by atoms with Gasteiger partial charge in [-0.25, -0.2) is 0 Å². The summed E-state index contributed by atoms with van der Waals surface area (Å²) < 4.78 is 10.5. The molecule has 0 aliphatic carbocycles. The Morgan fingerprint density at radius 2 is 1.78 bits per heavy atom. The molecule has 4 heteroatoms. The molecule has 4 nitrogen and oxygen atoms in total. The van der Waals surface area contributed by atoms with Crippen molar-refractivity contribution in [1.29, 1.82) is 0 Å². The van der Waals surface area contributed by atoms with E-state index in [1.54, 1.807) is 20.3 Å². The van der Waals surface area contributed by atoms with E-state index in [-0.39, 0.29) is 6.04 Å². The van der Waals surface area contributed by atoms with Crippen LogP contribution in [0, 0.1) is 0 Å². The average molecular weight is 253 g/mol. The van der Waals surface area contributed by atoms with Crippen molar-refractivity contribution in [3.63, 3.8) is 0 Å². The maximum Gasteiger partial charge on any atom is 0.124 e. The number of rotatable bonds is 6. The van der Waals surface area contributed by atoms with Gasteiger partial charge in [-0.15, -0.1) is 0 Å². The van der Waals surface area contributed by atoms with Crippen molar-refractivity contribution >= 4 is 0 Å². The van der Waals surface area contributed by atoms with E-state index in [9.17, 15) is 5.11 Å². The highest BCUT2D eigenvalue weighted by atomic mass is 16.5. The quantitative estimate of drug-likeness (QED) is 0.815. The van der Waals surface area contributed by atoms with Crippen LogP contribution < -0.4 is 14.8 Å². The molecule has 0 heterocycles. The van der Waals surface area contributed by atoms with Gasteiger partial charge in [-0.3, -0.25) is 0 Å². The third kappa shape index (κ3) is 3.62. The van der Waals surface area contributed by atoms with Crippen molar-refractivity contribution in [1.82, 2.24) is 5.32 Å². The highest BCUT2D eigenvalue weighted by Gasteiger charge is 2.21. The molecule has 0 aliphatic heterocycles. The summed E-state index contributed by atoms with van der Waals surface area (Å²) in [5.74, 6) is 1.38. The molecular formula is C14H23NO3. The normalized spacial score (nSPS) is 14.4. The third-order valence-corrected chi connectivity index (χ3v) is 2.83. The van der Waals surface area contributed by atoms with Crippen LogP contribution in [0.5, 0.6) is 11.5 Å². The molecule has 1 rings (SSSR count). The molecular weight excluding hydrogens is 230 g/mol. The monoisotopic (exact) mass is 253 g/mol. The molecule has 0 saturated carbocycles. The summed E-state index contributed by atoms with van der Waals surface area (Å²) in [6.45, 7) is 6.04. The molecule has 1 aromatic carbocycles. The van der Waals surface area contributed by atoms with Crippen LogP contribution in [0.4, 0.5) is 0 Å². The number of aliphatic hydroxyl groups excluding tert-OH is 1. The molecule has 1 aromatic rings. The zero-order valence-electron chi connectivity index (χ0n) is 11.7. The van der Waals surface area contributed by atoms with Gasteiger partial charge in [0.05, 0.1) is 20.3 Å². The first-order valence-corrected chi connectivity index (χ1v) is 6.15. The van der Waals surface area contributed by atoms with Gasteiger partial charge in [0.15, 0.2) is 0 Å². The molecule has 102 valence electrons. The number of ether oxygens (including phenoxy) is 2. The second-order valence-corrected chi connectivity index (χ2v) is 4.66. The molecule has 0 saturated heterocycles. The van der Waals surface area contributed by atoms with Crippen LogP contribution in [0.3, 0.4) is 0 Å². The molecule has 2 atom stereocenters. The van der Waals surface area contributed by atoms with E-state index < -0.39 is 6.10 Å². The topological polar surface area (TPSA) is 50.7 Å². The van der Waals surface area contributed by atoms with Crippen LogP contribution in [0.1, 0.15) is 32.4 Å². The number of methoxy groups -OCH3 is 2. The smallest absolute Gasteiger partial charge is 0.124 e. The highest BCUT2D eigenvalue weighted by Crippen LogP contribution is 2.31. The first-order valence-electron chi connectivity index (χ1n) is 6.15. The van der Waals surface area contributed by atoms with Crippen LogP contribution in [0.25, 0.3) is 0 Å². The highest BCUT2D eigenvalue weighted by molar-refractivity contribution is 5.42. The van der Waals surface area contributed by atoms with Crippen LogP contribution in [0.2, 0.25) is 0 Å². The fourth-order valence-electron chi connectivity index (χ4n) is 1.96. The number of hydrogen-bond acceptors (Lipinski definition) is 4. The van der Waals surface area contributed by atoms with Crippen molar-refractivity contribution in [2.75, 3.05) is 14.2 Å². The summed E-state index contributed by atoms with van der Waals surface area (Å²) in [5.41, 5.74) is 0.734. The molecule has 0 aromatic heterocycles. The molecule has 0 amide bonds. The zero-order valence-corrected chi connectivity index (χ0v) is 11.7. The summed E-state index contributed by atoms with van der Waals surface area (Å²) >= 11 is 0. The zero-order chi connectivity index (χ0) is 13.7. The minimum atomic E-state index is -0.641. The number of hydrogen-bond donors (Lipinski definition) is 2. The van der Waals surface area contributed by atoms with E-state index in [4.69, 9.17) is 9.47 Å². The Kier molecular flexibility index (Phi) is 5.44. The minimum absolute atomic E-state index is 0.0639. The lowest BCUT2D eigenvalue weighted by atomic mass is 10.0. The Bertz CT molecular complexity index is 379. The molecule has 0 spiro atoms. The standard InChI is InChI=1S/C14H23NO3/c1-9(2)15-10(3)14(16)12-8-11(17-4)6-7-13(12)18-5/h6-10,14-16H,1-5H3. The lowest BCUT2D eigenvalue weighted by molar-refractivity contribution is 0.128. The van der Waals surface area contributed by atoms with Gasteiger partial charge in [0.1, 0.15) is 11.5 Å². The Morgan fingerprint density at radius 3 is 2.28 bits per heavy atom. The molecule has 0 fully saturated rings. The predicted molar refractivity (Wildman–Crippen MR) is 72.2 cm³/mol. The molecule has 2 unspecified atom stereocenters. The second kappa shape index (κ2) is 6.61. The average Bonchev–Trinajstić information content (AvgIpc) is 2.36. The molecule has 0 aliphatic rings. The Morgan fingerprint density at radius 1 is 1.11 bits per heavy atom. The van der Waals surface area contributed by atoms with E-state index in [1.807, 2.05) is 32.9 Å². The fraction of sp³-hybridized carbons (Fsp3) is 0.571. The van der Waals surface area contributed by atoms with E-state index in [0.29, 0.717) is 17.5 Å². The number of aliphatic hydroxyl groups is 1. The van der Waals surface area contributed by atoms with Gasteiger partial charge >= 0.3 is 0 Å². The van der Waals surface area contributed by atoms with Gasteiger partial charge in [-0.1, -0.05) is 13.8 Å². The molecule has 2 N–H and O–H groups in total. The maximum atomic E-state index is 10.4. The summed E-state index contributed by atoms with van der Waals surface area (Å²) in [5, 5.41) is 13.7. The molecule has 0 radical (unpaired) electrons. The van der Waals surface area contributed by atoms with E-state index >= 15 is 0 Å². The van der Waals surface area contributed by atoms with Gasteiger partial charge in [-0.05, 0) is 25.1 Å². The first-order chi connectivity index (χ1) is 8.49. The summed E-state index contributed by atoms with van der Waals surface area (Å²) in [6, 6.07) is 5.68. The van der Waals surface area contributed by atoms with Crippen molar-refractivity contribution in [2.45, 2.75) is 39.0 Å². The van der Waals surface area contributed by atoms with Gasteiger partial charge in [0.2, 0.25) is 0 Å². The van der Waals surface area contributed by atoms with E-state index in [0.717, 1.165) is 5.56 Å². The largest absolute Gasteiger partial charge is 0.497 e. The summed E-state index contributed by atoms with van der Waals surface area (Å²) in [4.78, 5) is 0. The second-order valence-electron chi connectivity index (χ2n) is 4.66. The van der Waals surface area contributed by atoms with Crippen molar-refractivity contribution in [2.24, 2.45) is 0 Å². The third-order valence-electron chi connectivity index (χ3n) is 2.83. The van der Waals surface area contributed by atoms with Crippen LogP contribution in [-0.2, 0) is 0 Å². The van der Waals surface area contributed by atoms with Crippen LogP contribution >= 0.6 is 0 Å². The van der Waals surface area contributed by atoms with Crippen molar-refractivity contribution < 1.29 is 14.6 Å². The Labute approximate surface area is 109 Å². The summed E-state index contributed by atoms with van der Waals surface area (Å²) in [7, 11) is 3.20. The maximum absolute atomic E-state index is 10.4. The summed E-state index contributed by atoms with van der Waals surface area (Å²) in [6.07, 6.45) is -0.641. The Hall–Kier alpha value is -1.26. The SMILES string of the molecule is COc1ccc(OC)c(C(O)C(C)NC(C)C)c1. The molecule has 0 bridgehead atoms. The molecule has 18 heavy (non-hydrogen) atoms. The number of nitrogens with one attached hydrogen (secondary N) is 1. The van der Waals surface area contributed by atoms with Gasteiger partial charge in [0.25, 0.3) is 0 Å². The van der Waals surface area contributed by atoms with E-state index in [2.05, 4.69) is 5.32 Å². The minimum Gasteiger partial charge on any atom is -0.497 e. The lowest BCUT2D eigenvalue weighted by Crippen LogP contribution is -2.37. The lowest BCUT2D eigenvalue weighted by Gasteiger charge is -2.24. The first kappa shape index (κ1) is 14.8. The predicted octanol–water partition coefficient (Wildman–Crippen LogP) is 2.12. The van der Waals surface area contributed by atoms with Gasteiger partial charge in [0, 0.05) is 17.6 Å². The van der Waals surface area contributed by atoms with Gasteiger partial charge < -0.3 is 19.9 Å². The van der Waals surface area contributed by atoms with Gasteiger partial charge in [-0.2, -0.15) is 0 Å². The van der Waals surface area contributed by atoms with Crippen molar-refractivity contribution in [3.05, 3.63) is 23.8 Å².